The molecule has 0 radical (unpaired) electrons. The maximum atomic E-state index is 12.1. The van der Waals surface area contributed by atoms with Gasteiger partial charge in [0.25, 0.3) is 0 Å². The minimum Gasteiger partial charge on any atom is -0.481 e. The van der Waals surface area contributed by atoms with Crippen molar-refractivity contribution in [1.29, 1.82) is 0 Å². The number of hydrogen-bond donors (Lipinski definition) is 2. The molecule has 2 saturated heterocycles. The van der Waals surface area contributed by atoms with Crippen molar-refractivity contribution in [1.82, 2.24) is 10.2 Å². The summed E-state index contributed by atoms with van der Waals surface area (Å²) in [5, 5.41) is 12.0. The summed E-state index contributed by atoms with van der Waals surface area (Å²) in [6, 6.07) is 0. The third-order valence-corrected chi connectivity index (χ3v) is 3.84. The molecular weight excluding hydrogens is 248 g/mol. The molecule has 2 fully saturated rings. The van der Waals surface area contributed by atoms with Gasteiger partial charge in [-0.15, -0.1) is 0 Å². The largest absolute Gasteiger partial charge is 0.481 e. The highest BCUT2D eigenvalue weighted by molar-refractivity contribution is 5.77. The van der Waals surface area contributed by atoms with Crippen LogP contribution in [0.5, 0.6) is 0 Å². The number of nitrogens with one attached hydrogen (secondary N) is 1. The van der Waals surface area contributed by atoms with Crippen LogP contribution in [-0.4, -0.2) is 60.8 Å². The number of ether oxygens (including phenoxy) is 1. The van der Waals surface area contributed by atoms with Gasteiger partial charge in [-0.25, -0.2) is 0 Å². The van der Waals surface area contributed by atoms with Crippen molar-refractivity contribution in [3.05, 3.63) is 0 Å². The van der Waals surface area contributed by atoms with Crippen LogP contribution in [0.15, 0.2) is 0 Å². The lowest BCUT2D eigenvalue weighted by Gasteiger charge is -2.33. The molecule has 108 valence electrons. The van der Waals surface area contributed by atoms with Crippen molar-refractivity contribution in [2.24, 2.45) is 5.92 Å². The van der Waals surface area contributed by atoms with Gasteiger partial charge in [0, 0.05) is 32.6 Å². The van der Waals surface area contributed by atoms with E-state index in [0.717, 1.165) is 25.9 Å². The van der Waals surface area contributed by atoms with Crippen LogP contribution >= 0.6 is 0 Å². The molecule has 0 aromatic rings. The smallest absolute Gasteiger partial charge is 0.303 e. The van der Waals surface area contributed by atoms with Gasteiger partial charge in [-0.1, -0.05) is 0 Å². The molecule has 1 atom stereocenters. The van der Waals surface area contributed by atoms with Gasteiger partial charge < -0.3 is 20.1 Å². The Morgan fingerprint density at radius 3 is 2.58 bits per heavy atom. The zero-order valence-electron chi connectivity index (χ0n) is 11.1. The van der Waals surface area contributed by atoms with Gasteiger partial charge in [-0.2, -0.15) is 0 Å². The van der Waals surface area contributed by atoms with Gasteiger partial charge >= 0.3 is 5.97 Å². The van der Waals surface area contributed by atoms with Crippen molar-refractivity contribution in [3.63, 3.8) is 0 Å². The van der Waals surface area contributed by atoms with Gasteiger partial charge in [0.05, 0.1) is 19.1 Å². The summed E-state index contributed by atoms with van der Waals surface area (Å²) in [5.74, 6) is -0.400. The van der Waals surface area contributed by atoms with E-state index < -0.39 is 5.97 Å². The zero-order valence-corrected chi connectivity index (χ0v) is 11.1. The van der Waals surface area contributed by atoms with Gasteiger partial charge in [-0.3, -0.25) is 9.59 Å². The molecule has 1 amide bonds. The maximum absolute atomic E-state index is 12.1. The van der Waals surface area contributed by atoms with Crippen LogP contribution in [0, 0.1) is 5.92 Å². The normalized spacial score (nSPS) is 25.3. The second-order valence-corrected chi connectivity index (χ2v) is 5.32. The molecule has 2 heterocycles. The van der Waals surface area contributed by atoms with Gasteiger partial charge in [-0.05, 0) is 18.8 Å². The number of morpholine rings is 1. The molecule has 19 heavy (non-hydrogen) atoms. The molecule has 2 N–H and O–H groups in total. The molecule has 0 aliphatic carbocycles. The first kappa shape index (κ1) is 14.3. The Morgan fingerprint density at radius 1 is 1.26 bits per heavy atom. The number of rotatable bonds is 4. The number of likely N-dealkylation sites (tertiary alicyclic amines) is 1. The molecule has 0 bridgehead atoms. The van der Waals surface area contributed by atoms with Crippen LogP contribution in [0.2, 0.25) is 0 Å². The van der Waals surface area contributed by atoms with Gasteiger partial charge in [0.1, 0.15) is 0 Å². The van der Waals surface area contributed by atoms with Crippen molar-refractivity contribution in [3.8, 4) is 0 Å². The highest BCUT2D eigenvalue weighted by Gasteiger charge is 2.26. The number of nitrogens with zero attached hydrogens (tertiary/aromatic N) is 1. The molecule has 6 heteroatoms. The second kappa shape index (κ2) is 6.86. The molecule has 0 aromatic heterocycles. The summed E-state index contributed by atoms with van der Waals surface area (Å²) in [6.45, 7) is 3.61. The van der Waals surface area contributed by atoms with E-state index in [1.54, 1.807) is 0 Å². The summed E-state index contributed by atoms with van der Waals surface area (Å²) in [4.78, 5) is 24.6. The van der Waals surface area contributed by atoms with E-state index in [9.17, 15) is 9.59 Å². The van der Waals surface area contributed by atoms with Crippen LogP contribution in [0.25, 0.3) is 0 Å². The maximum Gasteiger partial charge on any atom is 0.303 e. The molecule has 1 unspecified atom stereocenters. The minimum absolute atomic E-state index is 0.0157. The van der Waals surface area contributed by atoms with E-state index in [0.29, 0.717) is 26.1 Å². The Hall–Kier alpha value is -1.14. The van der Waals surface area contributed by atoms with E-state index >= 15 is 0 Å². The molecule has 0 aromatic carbocycles. The van der Waals surface area contributed by atoms with Crippen molar-refractivity contribution in [2.45, 2.75) is 31.8 Å². The third-order valence-electron chi connectivity index (χ3n) is 3.84. The fraction of sp³-hybridized carbons (Fsp3) is 0.846. The lowest BCUT2D eigenvalue weighted by Crippen LogP contribution is -2.44. The quantitative estimate of drug-likeness (QED) is 0.756. The SMILES string of the molecule is O=C(O)CC1CCN(C(=O)CC2CNCCO2)CC1. The second-order valence-electron chi connectivity index (χ2n) is 5.32. The lowest BCUT2D eigenvalue weighted by atomic mass is 9.93. The number of piperidine rings is 1. The van der Waals surface area contributed by atoms with Crippen molar-refractivity contribution < 1.29 is 19.4 Å². The Balaban J connectivity index is 1.71. The van der Waals surface area contributed by atoms with Gasteiger partial charge in [0.2, 0.25) is 5.91 Å². The predicted octanol–water partition coefficient (Wildman–Crippen LogP) is 0.0782. The zero-order chi connectivity index (χ0) is 13.7. The van der Waals surface area contributed by atoms with Crippen molar-refractivity contribution >= 4 is 11.9 Å². The molecule has 2 rings (SSSR count). The van der Waals surface area contributed by atoms with Crippen LogP contribution in [0.1, 0.15) is 25.7 Å². The number of carboxylic acid groups (broad SMARTS) is 1. The van der Waals surface area contributed by atoms with E-state index in [4.69, 9.17) is 9.84 Å². The molecule has 6 nitrogen and oxygen atoms in total. The fourth-order valence-electron chi connectivity index (χ4n) is 2.71. The minimum atomic E-state index is -0.744. The Morgan fingerprint density at radius 2 is 2.00 bits per heavy atom. The topological polar surface area (TPSA) is 78.9 Å². The predicted molar refractivity (Wildman–Crippen MR) is 68.8 cm³/mol. The highest BCUT2D eigenvalue weighted by Crippen LogP contribution is 2.21. The van der Waals surface area contributed by atoms with E-state index in [2.05, 4.69) is 5.32 Å². The lowest BCUT2D eigenvalue weighted by molar-refractivity contribution is -0.139. The number of carboxylic acids is 1. The standard InChI is InChI=1S/C13H22N2O4/c16-12(8-11-9-14-3-6-19-11)15-4-1-10(2-5-15)7-13(17)18/h10-11,14H,1-9H2,(H,17,18). The Kier molecular flexibility index (Phi) is 5.15. The average molecular weight is 270 g/mol. The average Bonchev–Trinajstić information content (AvgIpc) is 2.40. The molecule has 2 aliphatic rings. The number of amides is 1. The molecule has 2 aliphatic heterocycles. The van der Waals surface area contributed by atoms with E-state index in [1.807, 2.05) is 4.90 Å². The summed E-state index contributed by atoms with van der Waals surface area (Å²) in [5.41, 5.74) is 0. The van der Waals surface area contributed by atoms with Gasteiger partial charge in [0.15, 0.2) is 0 Å². The molecular formula is C13H22N2O4. The number of hydrogen-bond acceptors (Lipinski definition) is 4. The number of aliphatic carboxylic acids is 1. The van der Waals surface area contributed by atoms with Crippen LogP contribution in [0.3, 0.4) is 0 Å². The van der Waals surface area contributed by atoms with Crippen LogP contribution in [-0.2, 0) is 14.3 Å². The first-order chi connectivity index (χ1) is 9.15. The fourth-order valence-corrected chi connectivity index (χ4v) is 2.71. The summed E-state index contributed by atoms with van der Waals surface area (Å²) >= 11 is 0. The molecule has 0 spiro atoms. The number of carbonyl (C=O) groups excluding carboxylic acids is 1. The van der Waals surface area contributed by atoms with Crippen molar-refractivity contribution in [2.75, 3.05) is 32.8 Å². The highest BCUT2D eigenvalue weighted by atomic mass is 16.5. The first-order valence-corrected chi connectivity index (χ1v) is 6.97. The monoisotopic (exact) mass is 270 g/mol. The Labute approximate surface area is 113 Å². The molecule has 0 saturated carbocycles. The number of carbonyl (C=O) groups is 2. The summed E-state index contributed by atoms with van der Waals surface area (Å²) in [7, 11) is 0. The third kappa shape index (κ3) is 4.47. The van der Waals surface area contributed by atoms with E-state index in [-0.39, 0.29) is 24.3 Å². The summed E-state index contributed by atoms with van der Waals surface area (Å²) < 4.78 is 5.53. The van der Waals surface area contributed by atoms with Crippen LogP contribution in [0.4, 0.5) is 0 Å². The van der Waals surface area contributed by atoms with E-state index in [1.165, 1.54) is 0 Å². The summed E-state index contributed by atoms with van der Waals surface area (Å²) in [6.07, 6.45) is 2.22. The first-order valence-electron chi connectivity index (χ1n) is 6.97. The van der Waals surface area contributed by atoms with Crippen LogP contribution < -0.4 is 5.32 Å². The Bertz CT molecular complexity index is 321.